The average molecular weight is 674 g/mol. The van der Waals surface area contributed by atoms with Gasteiger partial charge in [0, 0.05) is 55.1 Å². The second-order valence-corrected chi connectivity index (χ2v) is 16.8. The molecule has 14 atom stereocenters. The first-order chi connectivity index (χ1) is 22.5. The molecular formula is C36H51NO11. The zero-order valence-corrected chi connectivity index (χ0v) is 28.5. The first-order valence-corrected chi connectivity index (χ1v) is 17.6. The fourth-order valence-corrected chi connectivity index (χ4v) is 12.6. The van der Waals surface area contributed by atoms with Crippen molar-refractivity contribution in [1.29, 1.82) is 0 Å². The predicted molar refractivity (Wildman–Crippen MR) is 169 cm³/mol. The molecule has 3 aliphatic heterocycles. The van der Waals surface area contributed by atoms with Gasteiger partial charge in [-0.2, -0.15) is 0 Å². The van der Waals surface area contributed by atoms with E-state index in [-0.39, 0.29) is 24.9 Å². The number of aliphatic hydroxyl groups is 6. The summed E-state index contributed by atoms with van der Waals surface area (Å²) in [7, 11) is 2.97. The molecule has 3 heterocycles. The average Bonchev–Trinajstić information content (AvgIpc) is 3.21. The first-order valence-electron chi connectivity index (χ1n) is 17.6. The van der Waals surface area contributed by atoms with Crippen LogP contribution in [0, 0.1) is 29.1 Å². The monoisotopic (exact) mass is 673 g/mol. The van der Waals surface area contributed by atoms with Gasteiger partial charge in [-0.1, -0.05) is 13.8 Å². The van der Waals surface area contributed by atoms with Gasteiger partial charge in [0.05, 0.1) is 31.5 Å². The molecule has 3 unspecified atom stereocenters. The van der Waals surface area contributed by atoms with Crippen molar-refractivity contribution in [3.8, 4) is 11.5 Å². The summed E-state index contributed by atoms with van der Waals surface area (Å²) in [6, 6.07) is 4.28. The summed E-state index contributed by atoms with van der Waals surface area (Å²) in [5.74, 6) is -3.63. The van der Waals surface area contributed by atoms with E-state index in [1.807, 2.05) is 6.92 Å². The summed E-state index contributed by atoms with van der Waals surface area (Å²) in [5.41, 5.74) is -9.44. The number of ether oxygens (including phenoxy) is 4. The van der Waals surface area contributed by atoms with Gasteiger partial charge in [-0.3, -0.25) is 4.90 Å². The molecule has 6 N–H and O–H groups in total. The zero-order valence-electron chi connectivity index (χ0n) is 28.5. The summed E-state index contributed by atoms with van der Waals surface area (Å²) >= 11 is 0. The third-order valence-electron chi connectivity index (χ3n) is 14.9. The fourth-order valence-electron chi connectivity index (χ4n) is 12.6. The van der Waals surface area contributed by atoms with E-state index in [2.05, 4.69) is 11.8 Å². The van der Waals surface area contributed by atoms with Crippen molar-refractivity contribution in [3.63, 3.8) is 0 Å². The molecule has 12 nitrogen and oxygen atoms in total. The summed E-state index contributed by atoms with van der Waals surface area (Å²) < 4.78 is 23.5. The van der Waals surface area contributed by atoms with Crippen molar-refractivity contribution in [2.45, 2.75) is 124 Å². The van der Waals surface area contributed by atoms with Gasteiger partial charge in [0.2, 0.25) is 5.79 Å². The van der Waals surface area contributed by atoms with Crippen LogP contribution in [0.3, 0.4) is 0 Å². The standard InChI is InChI=1S/C36H51NO11/c1-19-6-11-26-31(3,40)35(43)25(17-37(26)16-19)33(42)18-34-24(32(33,41)15-27(35)38)10-9-23-30(34,2)13-12-28(36(23,44)48-34)47-29(39)20-7-8-21(45-4)22(14-20)46-5/h7-8,14,19,23-28,38,40-44H,6,9-13,15-18H2,1-5H3/t19-,23-,24-,25-,26-,27?,28?,30-,31+,32+,33+,34+,35-,36?/m0/s1. The van der Waals surface area contributed by atoms with Crippen LogP contribution in [-0.2, 0) is 9.47 Å². The van der Waals surface area contributed by atoms with Gasteiger partial charge in [0.15, 0.2) is 17.6 Å². The van der Waals surface area contributed by atoms with Gasteiger partial charge >= 0.3 is 5.97 Å². The Morgan fingerprint density at radius 2 is 1.60 bits per heavy atom. The SMILES string of the molecule is COc1ccc(C(=O)OC2CC[C@@]3(C)[C@@H]4CC[C@H]5[C@]6(O)CC(O)[C@@]7(O)[C@@H](CN8C[C@@H](C)CC[C@H]8[C@@]7(C)O)[C@]6(O)C[C@@]53OC24O)cc1OC. The van der Waals surface area contributed by atoms with Crippen LogP contribution in [0.5, 0.6) is 11.5 Å². The quantitative estimate of drug-likeness (QED) is 0.253. The third-order valence-corrected chi connectivity index (χ3v) is 14.9. The maximum absolute atomic E-state index is 13.5. The molecule has 0 amide bonds. The number of carbonyl (C=O) groups is 1. The number of hydrogen-bond donors (Lipinski definition) is 6. The lowest BCUT2D eigenvalue weighted by Crippen LogP contribution is -2.85. The molecule has 8 rings (SSSR count). The number of fused-ring (bicyclic) bond motifs is 5. The Morgan fingerprint density at radius 1 is 0.896 bits per heavy atom. The van der Waals surface area contributed by atoms with Gasteiger partial charge in [0.25, 0.3) is 0 Å². The Morgan fingerprint density at radius 3 is 2.31 bits per heavy atom. The highest BCUT2D eigenvalue weighted by Gasteiger charge is 2.88. The van der Waals surface area contributed by atoms with Crippen LogP contribution in [0.15, 0.2) is 18.2 Å². The number of carbonyl (C=O) groups excluding carboxylic acids is 1. The molecule has 7 fully saturated rings. The third kappa shape index (κ3) is 3.66. The van der Waals surface area contributed by atoms with Crippen molar-refractivity contribution in [2.24, 2.45) is 29.1 Å². The number of rotatable bonds is 4. The number of nitrogens with zero attached hydrogens (tertiary/aromatic N) is 1. The van der Waals surface area contributed by atoms with Gasteiger partial charge in [-0.25, -0.2) is 4.79 Å². The maximum atomic E-state index is 13.5. The Hall–Kier alpha value is -2.03. The molecule has 1 aromatic carbocycles. The molecule has 1 aromatic rings. The van der Waals surface area contributed by atoms with Gasteiger partial charge in [-0.05, 0) is 69.6 Å². The lowest BCUT2D eigenvalue weighted by molar-refractivity contribution is -0.354. The van der Waals surface area contributed by atoms with Crippen LogP contribution in [0.4, 0.5) is 0 Å². The van der Waals surface area contributed by atoms with E-state index in [1.54, 1.807) is 19.1 Å². The van der Waals surface area contributed by atoms with E-state index < -0.39 is 81.2 Å². The van der Waals surface area contributed by atoms with Crippen molar-refractivity contribution in [3.05, 3.63) is 23.8 Å². The van der Waals surface area contributed by atoms with Crippen LogP contribution < -0.4 is 9.47 Å². The summed E-state index contributed by atoms with van der Waals surface area (Å²) in [6.07, 6.45) is 0.172. The Balaban J connectivity index is 1.16. The van der Waals surface area contributed by atoms with E-state index in [4.69, 9.17) is 18.9 Å². The van der Waals surface area contributed by atoms with Gasteiger partial charge in [0.1, 0.15) is 22.4 Å². The molecule has 4 saturated carbocycles. The smallest absolute Gasteiger partial charge is 0.338 e. The van der Waals surface area contributed by atoms with Crippen molar-refractivity contribution in [2.75, 3.05) is 27.3 Å². The van der Waals surface area contributed by atoms with Crippen molar-refractivity contribution in [1.82, 2.24) is 4.90 Å². The van der Waals surface area contributed by atoms with E-state index in [9.17, 15) is 35.4 Å². The van der Waals surface area contributed by atoms with Crippen LogP contribution in [0.25, 0.3) is 0 Å². The van der Waals surface area contributed by atoms with E-state index >= 15 is 0 Å². The number of hydrogen-bond acceptors (Lipinski definition) is 12. The Kier molecular flexibility index (Phi) is 6.94. The Labute approximate surface area is 280 Å². The van der Waals surface area contributed by atoms with E-state index in [0.717, 1.165) is 6.42 Å². The van der Waals surface area contributed by atoms with Gasteiger partial charge < -0.3 is 49.6 Å². The normalized spacial score (nSPS) is 53.6. The van der Waals surface area contributed by atoms with Crippen molar-refractivity contribution < 1.29 is 54.4 Å². The molecule has 3 saturated heterocycles. The molecule has 48 heavy (non-hydrogen) atoms. The highest BCUT2D eigenvalue weighted by atomic mass is 16.7. The molecule has 4 aliphatic carbocycles. The van der Waals surface area contributed by atoms with Gasteiger partial charge in [-0.15, -0.1) is 0 Å². The lowest BCUT2D eigenvalue weighted by Gasteiger charge is -2.68. The van der Waals surface area contributed by atoms with E-state index in [0.29, 0.717) is 56.1 Å². The number of esters is 1. The summed E-state index contributed by atoms with van der Waals surface area (Å²) in [5, 5.41) is 74.7. The number of aliphatic hydroxyl groups excluding tert-OH is 1. The second kappa shape index (κ2) is 10.1. The fraction of sp³-hybridized carbons (Fsp3) is 0.806. The number of benzene rings is 1. The highest BCUT2D eigenvalue weighted by molar-refractivity contribution is 5.90. The molecular weight excluding hydrogens is 622 g/mol. The minimum Gasteiger partial charge on any atom is -0.493 e. The summed E-state index contributed by atoms with van der Waals surface area (Å²) in [4.78, 5) is 15.6. The van der Waals surface area contributed by atoms with Crippen LogP contribution >= 0.6 is 0 Å². The molecule has 1 spiro atoms. The minimum atomic E-state index is -2.10. The minimum absolute atomic E-state index is 0.101. The van der Waals surface area contributed by atoms with Crippen LogP contribution in [0.1, 0.15) is 82.5 Å². The molecule has 7 aliphatic rings. The second-order valence-electron chi connectivity index (χ2n) is 16.8. The molecule has 12 heteroatoms. The predicted octanol–water partition coefficient (Wildman–Crippen LogP) is 1.36. The highest BCUT2D eigenvalue weighted by Crippen LogP contribution is 2.78. The van der Waals surface area contributed by atoms with E-state index in [1.165, 1.54) is 20.3 Å². The van der Waals surface area contributed by atoms with Crippen molar-refractivity contribution >= 4 is 5.97 Å². The zero-order chi connectivity index (χ0) is 34.4. The van der Waals surface area contributed by atoms with Crippen LogP contribution in [-0.4, -0.2) is 121 Å². The maximum Gasteiger partial charge on any atom is 0.338 e. The first kappa shape index (κ1) is 33.1. The number of methoxy groups -OCH3 is 2. The molecule has 266 valence electrons. The molecule has 0 radical (unpaired) electrons. The molecule has 4 bridgehead atoms. The molecule has 0 aromatic heterocycles. The largest absolute Gasteiger partial charge is 0.493 e. The lowest BCUT2D eigenvalue weighted by atomic mass is 9.49. The summed E-state index contributed by atoms with van der Waals surface area (Å²) in [6.45, 7) is 6.57. The van der Waals surface area contributed by atoms with Crippen LogP contribution in [0.2, 0.25) is 0 Å². The topological polar surface area (TPSA) is 179 Å². The number of piperidine rings is 2. The Bertz CT molecular complexity index is 1520.